The van der Waals surface area contributed by atoms with Gasteiger partial charge < -0.3 is 9.84 Å². The molecular formula is C18H19ClO2. The van der Waals surface area contributed by atoms with Crippen LogP contribution in [0.4, 0.5) is 0 Å². The van der Waals surface area contributed by atoms with Gasteiger partial charge in [-0.25, -0.2) is 0 Å². The standard InChI is InChI=1S/C18H19ClO2/c1-18(20)12-15(13-8-4-2-5-9-13)21-16(17(18)19)14-10-6-3-7-11-14/h2-11,15-17,20H,12H2,1H3/t15-,16-,17-,18-/m1/s1. The van der Waals surface area contributed by atoms with Crippen LogP contribution >= 0.6 is 11.6 Å². The van der Waals surface area contributed by atoms with Crippen LogP contribution in [-0.4, -0.2) is 16.1 Å². The first-order chi connectivity index (χ1) is 10.1. The zero-order chi connectivity index (χ0) is 14.9. The van der Waals surface area contributed by atoms with Crippen LogP contribution in [0.15, 0.2) is 60.7 Å². The van der Waals surface area contributed by atoms with Gasteiger partial charge in [-0.1, -0.05) is 60.7 Å². The van der Waals surface area contributed by atoms with Crippen molar-refractivity contribution in [3.05, 3.63) is 71.8 Å². The number of rotatable bonds is 2. The number of hydrogen-bond donors (Lipinski definition) is 1. The van der Waals surface area contributed by atoms with Gasteiger partial charge in [0.15, 0.2) is 0 Å². The van der Waals surface area contributed by atoms with E-state index in [-0.39, 0.29) is 12.2 Å². The lowest BCUT2D eigenvalue weighted by molar-refractivity contribution is -0.136. The molecule has 2 nitrogen and oxygen atoms in total. The molecule has 1 aliphatic rings. The second kappa shape index (κ2) is 5.80. The third kappa shape index (κ3) is 2.98. The first-order valence-electron chi connectivity index (χ1n) is 7.20. The summed E-state index contributed by atoms with van der Waals surface area (Å²) in [5, 5.41) is 10.2. The van der Waals surface area contributed by atoms with E-state index in [2.05, 4.69) is 0 Å². The van der Waals surface area contributed by atoms with E-state index in [1.807, 2.05) is 60.7 Å². The van der Waals surface area contributed by atoms with Crippen molar-refractivity contribution in [3.8, 4) is 0 Å². The molecule has 1 saturated heterocycles. The topological polar surface area (TPSA) is 29.5 Å². The Bertz CT molecular complexity index is 583. The number of halogens is 1. The first-order valence-corrected chi connectivity index (χ1v) is 7.63. The Kier molecular flexibility index (Phi) is 4.03. The van der Waals surface area contributed by atoms with Gasteiger partial charge in [-0.05, 0) is 18.1 Å². The summed E-state index contributed by atoms with van der Waals surface area (Å²) >= 11 is 6.49. The van der Waals surface area contributed by atoms with Crippen molar-refractivity contribution in [2.45, 2.75) is 36.5 Å². The molecule has 0 unspecified atom stereocenters. The second-order valence-corrected chi connectivity index (χ2v) is 6.30. The van der Waals surface area contributed by atoms with Gasteiger partial charge in [0.1, 0.15) is 6.10 Å². The van der Waals surface area contributed by atoms with Crippen molar-refractivity contribution in [2.75, 3.05) is 0 Å². The summed E-state index contributed by atoms with van der Waals surface area (Å²) in [6.45, 7) is 1.79. The van der Waals surface area contributed by atoms with E-state index < -0.39 is 11.0 Å². The van der Waals surface area contributed by atoms with Crippen molar-refractivity contribution in [1.29, 1.82) is 0 Å². The Balaban J connectivity index is 1.93. The van der Waals surface area contributed by atoms with Gasteiger partial charge in [0.05, 0.1) is 17.1 Å². The summed E-state index contributed by atoms with van der Waals surface area (Å²) in [5.74, 6) is 0. The lowest BCUT2D eigenvalue weighted by atomic mass is 9.84. The molecule has 0 radical (unpaired) electrons. The van der Waals surface area contributed by atoms with Gasteiger partial charge in [-0.2, -0.15) is 0 Å². The highest BCUT2D eigenvalue weighted by Crippen LogP contribution is 2.46. The lowest BCUT2D eigenvalue weighted by Crippen LogP contribution is -2.46. The Morgan fingerprint density at radius 1 is 1.00 bits per heavy atom. The fourth-order valence-electron chi connectivity index (χ4n) is 2.86. The molecule has 0 amide bonds. The molecule has 1 heterocycles. The highest BCUT2D eigenvalue weighted by atomic mass is 35.5. The predicted octanol–water partition coefficient (Wildman–Crippen LogP) is 4.25. The maximum absolute atomic E-state index is 10.7. The monoisotopic (exact) mass is 302 g/mol. The molecule has 2 aromatic carbocycles. The second-order valence-electron chi connectivity index (χ2n) is 5.83. The van der Waals surface area contributed by atoms with Gasteiger partial charge >= 0.3 is 0 Å². The van der Waals surface area contributed by atoms with E-state index >= 15 is 0 Å². The number of hydrogen-bond acceptors (Lipinski definition) is 2. The van der Waals surface area contributed by atoms with Crippen LogP contribution in [-0.2, 0) is 4.74 Å². The maximum atomic E-state index is 10.7. The molecule has 1 N–H and O–H groups in total. The van der Waals surface area contributed by atoms with Gasteiger partial charge in [0, 0.05) is 6.42 Å². The minimum atomic E-state index is -0.971. The van der Waals surface area contributed by atoms with E-state index in [1.165, 1.54) is 0 Å². The third-order valence-corrected chi connectivity index (χ3v) is 4.77. The molecule has 3 rings (SSSR count). The molecular weight excluding hydrogens is 284 g/mol. The van der Waals surface area contributed by atoms with E-state index in [4.69, 9.17) is 16.3 Å². The van der Waals surface area contributed by atoms with Crippen molar-refractivity contribution in [2.24, 2.45) is 0 Å². The highest BCUT2D eigenvalue weighted by Gasteiger charge is 2.45. The van der Waals surface area contributed by atoms with E-state index in [9.17, 15) is 5.11 Å². The molecule has 4 atom stereocenters. The molecule has 3 heteroatoms. The molecule has 1 aliphatic heterocycles. The summed E-state index contributed by atoms with van der Waals surface area (Å²) in [4.78, 5) is 0. The van der Waals surface area contributed by atoms with Crippen LogP contribution in [0.25, 0.3) is 0 Å². The Morgan fingerprint density at radius 2 is 1.52 bits per heavy atom. The van der Waals surface area contributed by atoms with E-state index in [0.717, 1.165) is 11.1 Å². The van der Waals surface area contributed by atoms with E-state index in [1.54, 1.807) is 6.92 Å². The van der Waals surface area contributed by atoms with Gasteiger partial charge in [-0.15, -0.1) is 11.6 Å². The van der Waals surface area contributed by atoms with Gasteiger partial charge in [-0.3, -0.25) is 0 Å². The fraction of sp³-hybridized carbons (Fsp3) is 0.333. The van der Waals surface area contributed by atoms with Crippen LogP contribution in [0.1, 0.15) is 36.7 Å². The van der Waals surface area contributed by atoms with Crippen LogP contribution in [0.5, 0.6) is 0 Å². The summed E-state index contributed by atoms with van der Waals surface area (Å²) in [6.07, 6.45) is 0.0253. The maximum Gasteiger partial charge on any atom is 0.102 e. The largest absolute Gasteiger partial charge is 0.388 e. The zero-order valence-corrected chi connectivity index (χ0v) is 12.7. The normalized spacial score (nSPS) is 32.8. The fourth-order valence-corrected chi connectivity index (χ4v) is 3.16. The SMILES string of the molecule is C[C@@]1(O)C[C@H](c2ccccc2)O[C@H](c2ccccc2)[C@H]1Cl. The Morgan fingerprint density at radius 3 is 2.10 bits per heavy atom. The lowest BCUT2D eigenvalue weighted by Gasteiger charge is -2.43. The third-order valence-electron chi connectivity index (χ3n) is 4.07. The number of aliphatic hydroxyl groups is 1. The number of benzene rings is 2. The summed E-state index contributed by atoms with van der Waals surface area (Å²) < 4.78 is 6.21. The number of ether oxygens (including phenoxy) is 1. The molecule has 110 valence electrons. The van der Waals surface area contributed by atoms with Crippen LogP contribution in [0, 0.1) is 0 Å². The van der Waals surface area contributed by atoms with Crippen molar-refractivity contribution in [1.82, 2.24) is 0 Å². The Hall–Kier alpha value is -1.35. The first kappa shape index (κ1) is 14.6. The molecule has 1 fully saturated rings. The smallest absolute Gasteiger partial charge is 0.102 e. The average Bonchev–Trinajstić information content (AvgIpc) is 2.51. The average molecular weight is 303 g/mol. The van der Waals surface area contributed by atoms with Crippen LogP contribution in [0.3, 0.4) is 0 Å². The summed E-state index contributed by atoms with van der Waals surface area (Å²) in [7, 11) is 0. The predicted molar refractivity (Wildman–Crippen MR) is 84.3 cm³/mol. The highest BCUT2D eigenvalue weighted by molar-refractivity contribution is 6.21. The van der Waals surface area contributed by atoms with E-state index in [0.29, 0.717) is 6.42 Å². The van der Waals surface area contributed by atoms with Gasteiger partial charge in [0.2, 0.25) is 0 Å². The van der Waals surface area contributed by atoms with Crippen molar-refractivity contribution < 1.29 is 9.84 Å². The molecule has 0 aromatic heterocycles. The molecule has 2 aromatic rings. The molecule has 0 bridgehead atoms. The summed E-state index contributed by atoms with van der Waals surface area (Å²) in [5.41, 5.74) is 1.10. The molecule has 0 aliphatic carbocycles. The van der Waals surface area contributed by atoms with Gasteiger partial charge in [0.25, 0.3) is 0 Å². The Labute approximate surface area is 130 Å². The quantitative estimate of drug-likeness (QED) is 0.841. The summed E-state index contributed by atoms with van der Waals surface area (Å²) in [6, 6.07) is 19.9. The van der Waals surface area contributed by atoms with Crippen LogP contribution in [0.2, 0.25) is 0 Å². The van der Waals surface area contributed by atoms with Crippen molar-refractivity contribution >= 4 is 11.6 Å². The molecule has 0 saturated carbocycles. The minimum Gasteiger partial charge on any atom is -0.388 e. The molecule has 21 heavy (non-hydrogen) atoms. The molecule has 0 spiro atoms. The van der Waals surface area contributed by atoms with Crippen molar-refractivity contribution in [3.63, 3.8) is 0 Å². The number of alkyl halides is 1. The zero-order valence-electron chi connectivity index (χ0n) is 11.9. The minimum absolute atomic E-state index is 0.151. The van der Waals surface area contributed by atoms with Crippen LogP contribution < -0.4 is 0 Å².